The molecule has 2 saturated heterocycles. The maximum atomic E-state index is 12.6. The molecule has 1 aromatic heterocycles. The Morgan fingerprint density at radius 3 is 2.76 bits per heavy atom. The summed E-state index contributed by atoms with van der Waals surface area (Å²) in [4.78, 5) is 39.7. The highest BCUT2D eigenvalue weighted by Gasteiger charge is 2.69. The summed E-state index contributed by atoms with van der Waals surface area (Å²) in [6, 6.07) is 3.04. The van der Waals surface area contributed by atoms with E-state index in [2.05, 4.69) is 15.5 Å². The second kappa shape index (κ2) is 5.62. The monoisotopic (exact) mass is 366 g/mol. The molecule has 2 N–H and O–H groups in total. The lowest BCUT2D eigenvalue weighted by molar-refractivity contribution is -0.156. The summed E-state index contributed by atoms with van der Waals surface area (Å²) in [5.41, 5.74) is 2.18. The van der Waals surface area contributed by atoms with Gasteiger partial charge in [0, 0.05) is 12.4 Å². The van der Waals surface area contributed by atoms with E-state index in [-0.39, 0.29) is 12.1 Å². The van der Waals surface area contributed by atoms with Crippen LogP contribution in [-0.4, -0.2) is 63.6 Å². The van der Waals surface area contributed by atoms with Crippen LogP contribution in [-0.2, 0) is 19.4 Å². The van der Waals surface area contributed by atoms with Crippen molar-refractivity contribution in [1.82, 2.24) is 15.3 Å². The molecule has 0 saturated carbocycles. The van der Waals surface area contributed by atoms with Crippen LogP contribution in [0, 0.1) is 0 Å². The van der Waals surface area contributed by atoms with E-state index in [0.717, 1.165) is 11.1 Å². The number of carbonyl (C=O) groups is 3. The van der Waals surface area contributed by atoms with Crippen molar-refractivity contribution in [3.8, 4) is 0 Å². The fraction of sp³-hybridized carbons (Fsp3) is 0.357. The molecule has 0 aliphatic carbocycles. The predicted molar refractivity (Wildman–Crippen MR) is 84.2 cm³/mol. The molecule has 2 amide bonds. The second-order valence-corrected chi connectivity index (χ2v) is 8.36. The fourth-order valence-corrected chi connectivity index (χ4v) is 5.19. The first kappa shape index (κ1) is 17.0. The van der Waals surface area contributed by atoms with Gasteiger partial charge in [0.15, 0.2) is 15.9 Å². The van der Waals surface area contributed by atoms with Crippen LogP contribution >= 0.6 is 0 Å². The van der Waals surface area contributed by atoms with Gasteiger partial charge in [0.2, 0.25) is 5.91 Å². The SMILES string of the molecule is C[C@]1(/C=N/NC(=O)c2ccccn2)[C@H](C(=O)O)N2C(=O)C[C@H]2S1(=O)=O. The Morgan fingerprint density at radius 2 is 2.20 bits per heavy atom. The first-order chi connectivity index (χ1) is 11.7. The quantitative estimate of drug-likeness (QED) is 0.394. The highest BCUT2D eigenvalue weighted by Crippen LogP contribution is 2.45. The van der Waals surface area contributed by atoms with Gasteiger partial charge in [-0.25, -0.2) is 18.6 Å². The van der Waals surface area contributed by atoms with Crippen LogP contribution < -0.4 is 5.43 Å². The molecule has 11 heteroatoms. The average Bonchev–Trinajstić information content (AvgIpc) is 2.70. The number of fused-ring (bicyclic) bond motifs is 1. The number of nitrogens with one attached hydrogen (secondary N) is 1. The number of aromatic nitrogens is 1. The van der Waals surface area contributed by atoms with Crippen molar-refractivity contribution in [3.05, 3.63) is 30.1 Å². The maximum Gasteiger partial charge on any atom is 0.328 e. The third-order valence-electron chi connectivity index (χ3n) is 4.36. The predicted octanol–water partition coefficient (Wildman–Crippen LogP) is -1.00. The molecule has 3 atom stereocenters. The summed E-state index contributed by atoms with van der Waals surface area (Å²) in [7, 11) is -4.01. The number of amides is 2. The minimum Gasteiger partial charge on any atom is -0.480 e. The molecule has 0 aromatic carbocycles. The molecule has 2 aliphatic rings. The molecular weight excluding hydrogens is 352 g/mol. The second-order valence-electron chi connectivity index (χ2n) is 5.84. The molecule has 2 aliphatic heterocycles. The largest absolute Gasteiger partial charge is 0.480 e. The smallest absolute Gasteiger partial charge is 0.328 e. The van der Waals surface area contributed by atoms with Gasteiger partial charge in [-0.05, 0) is 19.1 Å². The number of hydrogen-bond acceptors (Lipinski definition) is 7. The summed E-state index contributed by atoms with van der Waals surface area (Å²) in [5, 5.41) is 11.8. The van der Waals surface area contributed by atoms with E-state index in [1.54, 1.807) is 12.1 Å². The van der Waals surface area contributed by atoms with E-state index < -0.39 is 43.8 Å². The van der Waals surface area contributed by atoms with Crippen LogP contribution in [0.2, 0.25) is 0 Å². The van der Waals surface area contributed by atoms with Gasteiger partial charge in [0.25, 0.3) is 5.91 Å². The summed E-state index contributed by atoms with van der Waals surface area (Å²) >= 11 is 0. The molecule has 2 fully saturated rings. The number of β-lactam (4-membered cyclic amide) rings is 1. The molecule has 0 spiro atoms. The van der Waals surface area contributed by atoms with Crippen molar-refractivity contribution in [2.75, 3.05) is 0 Å². The minimum atomic E-state index is -4.01. The maximum absolute atomic E-state index is 12.6. The molecule has 10 nitrogen and oxygen atoms in total. The Kier molecular flexibility index (Phi) is 3.82. The number of carboxylic acid groups (broad SMARTS) is 1. The third kappa shape index (κ3) is 2.38. The van der Waals surface area contributed by atoms with Crippen LogP contribution in [0.1, 0.15) is 23.8 Å². The van der Waals surface area contributed by atoms with E-state index in [0.29, 0.717) is 0 Å². The van der Waals surface area contributed by atoms with E-state index in [4.69, 9.17) is 0 Å². The molecule has 1 aromatic rings. The van der Waals surface area contributed by atoms with Gasteiger partial charge in [-0.2, -0.15) is 5.10 Å². The van der Waals surface area contributed by atoms with Crippen molar-refractivity contribution < 1.29 is 27.9 Å². The molecule has 0 unspecified atom stereocenters. The van der Waals surface area contributed by atoms with Gasteiger partial charge >= 0.3 is 5.97 Å². The average molecular weight is 366 g/mol. The van der Waals surface area contributed by atoms with E-state index in [1.165, 1.54) is 19.2 Å². The number of carboxylic acids is 1. The topological polar surface area (TPSA) is 146 Å². The van der Waals surface area contributed by atoms with E-state index >= 15 is 0 Å². The number of nitrogens with zero attached hydrogens (tertiary/aromatic N) is 3. The van der Waals surface area contributed by atoms with Gasteiger partial charge < -0.3 is 10.0 Å². The normalized spacial score (nSPS) is 30.0. The van der Waals surface area contributed by atoms with Crippen LogP contribution in [0.15, 0.2) is 29.5 Å². The summed E-state index contributed by atoms with van der Waals surface area (Å²) < 4.78 is 23.3. The van der Waals surface area contributed by atoms with Gasteiger partial charge in [-0.1, -0.05) is 6.07 Å². The molecule has 25 heavy (non-hydrogen) atoms. The van der Waals surface area contributed by atoms with E-state index in [1.807, 2.05) is 0 Å². The van der Waals surface area contributed by atoms with Crippen LogP contribution in [0.3, 0.4) is 0 Å². The van der Waals surface area contributed by atoms with Crippen LogP contribution in [0.5, 0.6) is 0 Å². The van der Waals surface area contributed by atoms with Gasteiger partial charge in [0.05, 0.1) is 6.42 Å². The highest BCUT2D eigenvalue weighted by molar-refractivity contribution is 7.94. The molecule has 3 rings (SSSR count). The first-order valence-electron chi connectivity index (χ1n) is 7.23. The Bertz CT molecular complexity index is 884. The molecule has 0 radical (unpaired) electrons. The Morgan fingerprint density at radius 1 is 1.48 bits per heavy atom. The summed E-state index contributed by atoms with van der Waals surface area (Å²) in [6.07, 6.45) is 2.00. The zero-order valence-corrected chi connectivity index (χ0v) is 13.8. The van der Waals surface area contributed by atoms with Crippen LogP contribution in [0.4, 0.5) is 0 Å². The number of aliphatic carboxylic acids is 1. The van der Waals surface area contributed by atoms with Gasteiger partial charge in [-0.15, -0.1) is 0 Å². The lowest BCUT2D eigenvalue weighted by atomic mass is 9.97. The summed E-state index contributed by atoms with van der Waals surface area (Å²) in [6.45, 7) is 1.17. The zero-order valence-electron chi connectivity index (χ0n) is 13.0. The number of hydrogen-bond donors (Lipinski definition) is 2. The highest BCUT2D eigenvalue weighted by atomic mass is 32.2. The van der Waals surface area contributed by atoms with Crippen molar-refractivity contribution in [3.63, 3.8) is 0 Å². The lowest BCUT2D eigenvalue weighted by Gasteiger charge is -2.35. The molecule has 0 bridgehead atoms. The standard InChI is InChI=1S/C14H14N4O6S/c1-14(7-16-17-12(20)8-4-2-3-5-15-8)11(13(21)22)18-9(19)6-10(18)25(14,23)24/h2-5,7,10-11H,6H2,1H3,(H,17,20)(H,21,22)/b16-7+/t10-,11+,14+/m1/s1. The van der Waals surface area contributed by atoms with E-state index in [9.17, 15) is 27.9 Å². The van der Waals surface area contributed by atoms with Gasteiger partial charge in [0.1, 0.15) is 15.8 Å². The van der Waals surface area contributed by atoms with Crippen molar-refractivity contribution in [2.24, 2.45) is 5.10 Å². The lowest BCUT2D eigenvalue weighted by Crippen LogP contribution is -2.57. The Labute approximate surface area is 142 Å². The van der Waals surface area contributed by atoms with Gasteiger partial charge in [-0.3, -0.25) is 14.6 Å². The molecular formula is C14H14N4O6S. The number of pyridine rings is 1. The molecule has 3 heterocycles. The number of hydrazone groups is 1. The third-order valence-corrected chi connectivity index (χ3v) is 7.02. The number of rotatable bonds is 4. The molecule has 132 valence electrons. The minimum absolute atomic E-state index is 0.0628. The van der Waals surface area contributed by atoms with Crippen molar-refractivity contribution in [1.29, 1.82) is 0 Å². The first-order valence-corrected chi connectivity index (χ1v) is 8.78. The van der Waals surface area contributed by atoms with Crippen molar-refractivity contribution >= 4 is 33.8 Å². The Hall–Kier alpha value is -2.82. The zero-order chi connectivity index (χ0) is 18.4. The summed E-state index contributed by atoms with van der Waals surface area (Å²) in [5.74, 6) is -2.68. The Balaban J connectivity index is 1.87. The fourth-order valence-electron chi connectivity index (χ4n) is 2.98. The van der Waals surface area contributed by atoms with Crippen molar-refractivity contribution in [2.45, 2.75) is 29.5 Å². The number of sulfone groups is 1. The van der Waals surface area contributed by atoms with Crippen LogP contribution in [0.25, 0.3) is 0 Å². The number of carbonyl (C=O) groups excluding carboxylic acids is 2.